The standard InChI is InChI=1S/C24H31N3O3/c28-23-14-20(15-26-12-4-5-13-26)27-16-22(30-24(27)25-23)17-29-21-10-8-19(9-11-21)18-6-2-1-3-7-18/h8-11,14,18,22H,1-7,12-13,15-17H2. The van der Waals surface area contributed by atoms with Crippen molar-refractivity contribution in [2.24, 2.45) is 0 Å². The number of aromatic nitrogens is 2. The summed E-state index contributed by atoms with van der Waals surface area (Å²) in [5, 5.41) is 0. The van der Waals surface area contributed by atoms with Crippen LogP contribution in [0.3, 0.4) is 0 Å². The molecule has 1 unspecified atom stereocenters. The number of nitrogens with zero attached hydrogens (tertiary/aromatic N) is 3. The summed E-state index contributed by atoms with van der Waals surface area (Å²) < 4.78 is 14.0. The molecule has 1 saturated carbocycles. The molecule has 0 radical (unpaired) electrons. The SMILES string of the molecule is O=c1cc(CN2CCCC2)n2c(n1)OC(COc1ccc(C3CCCCC3)cc1)C2. The number of ether oxygens (including phenoxy) is 2. The van der Waals surface area contributed by atoms with Crippen LogP contribution in [-0.4, -0.2) is 40.3 Å². The number of benzene rings is 1. The molecule has 2 fully saturated rings. The maximum absolute atomic E-state index is 12.0. The van der Waals surface area contributed by atoms with Gasteiger partial charge in [0.25, 0.3) is 5.56 Å². The zero-order valence-electron chi connectivity index (χ0n) is 17.6. The van der Waals surface area contributed by atoms with E-state index in [2.05, 4.69) is 34.1 Å². The molecule has 1 atom stereocenters. The van der Waals surface area contributed by atoms with Gasteiger partial charge in [0.2, 0.25) is 0 Å². The molecule has 1 aromatic carbocycles. The number of hydrogen-bond donors (Lipinski definition) is 0. The second-order valence-corrected chi connectivity index (χ2v) is 8.92. The summed E-state index contributed by atoms with van der Waals surface area (Å²) in [6.07, 6.45) is 9.01. The van der Waals surface area contributed by atoms with E-state index in [9.17, 15) is 4.79 Å². The van der Waals surface area contributed by atoms with Gasteiger partial charge >= 0.3 is 6.01 Å². The van der Waals surface area contributed by atoms with Crippen molar-refractivity contribution in [2.45, 2.75) is 70.1 Å². The van der Waals surface area contributed by atoms with E-state index in [1.807, 2.05) is 4.57 Å². The molecule has 160 valence electrons. The number of rotatable bonds is 6. The molecule has 5 rings (SSSR count). The highest BCUT2D eigenvalue weighted by Crippen LogP contribution is 2.33. The van der Waals surface area contributed by atoms with E-state index in [1.54, 1.807) is 6.07 Å². The summed E-state index contributed by atoms with van der Waals surface area (Å²) >= 11 is 0. The summed E-state index contributed by atoms with van der Waals surface area (Å²) in [6, 6.07) is 10.7. The molecule has 1 aromatic heterocycles. The highest BCUT2D eigenvalue weighted by Gasteiger charge is 2.27. The highest BCUT2D eigenvalue weighted by molar-refractivity contribution is 5.29. The Hall–Kier alpha value is -2.34. The van der Waals surface area contributed by atoms with Crippen molar-refractivity contribution in [3.8, 4) is 11.8 Å². The molecular formula is C24H31N3O3. The van der Waals surface area contributed by atoms with Crippen molar-refractivity contribution in [3.05, 3.63) is 51.9 Å². The molecule has 0 amide bonds. The molecular weight excluding hydrogens is 378 g/mol. The molecule has 0 bridgehead atoms. The van der Waals surface area contributed by atoms with Gasteiger partial charge in [0.1, 0.15) is 12.4 Å². The van der Waals surface area contributed by atoms with E-state index < -0.39 is 0 Å². The summed E-state index contributed by atoms with van der Waals surface area (Å²) in [4.78, 5) is 18.5. The predicted molar refractivity (Wildman–Crippen MR) is 115 cm³/mol. The van der Waals surface area contributed by atoms with Gasteiger partial charge in [-0.05, 0) is 62.4 Å². The number of hydrogen-bond acceptors (Lipinski definition) is 5. The molecule has 30 heavy (non-hydrogen) atoms. The molecule has 6 heteroatoms. The summed E-state index contributed by atoms with van der Waals surface area (Å²) in [7, 11) is 0. The van der Waals surface area contributed by atoms with Crippen LogP contribution < -0.4 is 15.0 Å². The molecule has 3 aliphatic rings. The molecule has 2 aromatic rings. The molecule has 2 aliphatic heterocycles. The van der Waals surface area contributed by atoms with E-state index in [4.69, 9.17) is 9.47 Å². The molecule has 1 saturated heterocycles. The van der Waals surface area contributed by atoms with Gasteiger partial charge in [0.05, 0.1) is 6.54 Å². The third-order valence-electron chi connectivity index (χ3n) is 6.71. The van der Waals surface area contributed by atoms with E-state index in [0.717, 1.165) is 31.1 Å². The first-order valence-corrected chi connectivity index (χ1v) is 11.5. The smallest absolute Gasteiger partial charge is 0.300 e. The van der Waals surface area contributed by atoms with Crippen LogP contribution in [0.25, 0.3) is 0 Å². The van der Waals surface area contributed by atoms with Gasteiger partial charge in [-0.25, -0.2) is 0 Å². The minimum Gasteiger partial charge on any atom is -0.490 e. The van der Waals surface area contributed by atoms with E-state index >= 15 is 0 Å². The Morgan fingerprint density at radius 3 is 2.57 bits per heavy atom. The first-order valence-electron chi connectivity index (χ1n) is 11.5. The first kappa shape index (κ1) is 19.6. The molecule has 6 nitrogen and oxygen atoms in total. The van der Waals surface area contributed by atoms with Crippen molar-refractivity contribution in [3.63, 3.8) is 0 Å². The van der Waals surface area contributed by atoms with Gasteiger partial charge in [-0.2, -0.15) is 4.98 Å². The summed E-state index contributed by atoms with van der Waals surface area (Å²) in [5.74, 6) is 1.58. The van der Waals surface area contributed by atoms with Crippen LogP contribution in [0.2, 0.25) is 0 Å². The van der Waals surface area contributed by atoms with Gasteiger partial charge in [-0.3, -0.25) is 14.3 Å². The minimum atomic E-state index is -0.227. The van der Waals surface area contributed by atoms with Crippen molar-refractivity contribution in [1.82, 2.24) is 14.5 Å². The van der Waals surface area contributed by atoms with Crippen LogP contribution in [0.4, 0.5) is 0 Å². The molecule has 1 aliphatic carbocycles. The number of likely N-dealkylation sites (tertiary alicyclic amines) is 1. The molecule has 3 heterocycles. The Balaban J connectivity index is 1.19. The van der Waals surface area contributed by atoms with Crippen molar-refractivity contribution >= 4 is 0 Å². The van der Waals surface area contributed by atoms with E-state index in [-0.39, 0.29) is 11.7 Å². The van der Waals surface area contributed by atoms with Crippen LogP contribution in [0.15, 0.2) is 35.1 Å². The predicted octanol–water partition coefficient (Wildman–Crippen LogP) is 3.73. The Bertz CT molecular complexity index is 912. The summed E-state index contributed by atoms with van der Waals surface area (Å²) in [6.45, 7) is 4.09. The average molecular weight is 410 g/mol. The van der Waals surface area contributed by atoms with Gasteiger partial charge in [0, 0.05) is 18.3 Å². The molecule has 0 N–H and O–H groups in total. The van der Waals surface area contributed by atoms with Crippen molar-refractivity contribution < 1.29 is 9.47 Å². The fourth-order valence-corrected chi connectivity index (χ4v) is 5.05. The normalized spacial score (nSPS) is 22.1. The van der Waals surface area contributed by atoms with Gasteiger partial charge in [0.15, 0.2) is 6.10 Å². The van der Waals surface area contributed by atoms with Crippen molar-refractivity contribution in [2.75, 3.05) is 19.7 Å². The van der Waals surface area contributed by atoms with Gasteiger partial charge in [-0.1, -0.05) is 31.4 Å². The Morgan fingerprint density at radius 2 is 1.80 bits per heavy atom. The van der Waals surface area contributed by atoms with Gasteiger partial charge < -0.3 is 9.47 Å². The van der Waals surface area contributed by atoms with E-state index in [1.165, 1.54) is 50.5 Å². The quantitative estimate of drug-likeness (QED) is 0.728. The monoisotopic (exact) mass is 409 g/mol. The van der Waals surface area contributed by atoms with Crippen LogP contribution in [0.1, 0.15) is 62.1 Å². The minimum absolute atomic E-state index is 0.130. The lowest BCUT2D eigenvalue weighted by atomic mass is 9.84. The number of fused-ring (bicyclic) bond motifs is 1. The Morgan fingerprint density at radius 1 is 1.03 bits per heavy atom. The highest BCUT2D eigenvalue weighted by atomic mass is 16.6. The third kappa shape index (κ3) is 4.38. The van der Waals surface area contributed by atoms with Crippen LogP contribution >= 0.6 is 0 Å². The zero-order chi connectivity index (χ0) is 20.3. The van der Waals surface area contributed by atoms with E-state index in [0.29, 0.717) is 25.1 Å². The second kappa shape index (κ2) is 8.80. The lowest BCUT2D eigenvalue weighted by Crippen LogP contribution is -2.25. The fraction of sp³-hybridized carbons (Fsp3) is 0.583. The first-order chi connectivity index (χ1) is 14.7. The lowest BCUT2D eigenvalue weighted by molar-refractivity contribution is 0.143. The Kier molecular flexibility index (Phi) is 5.75. The fourth-order valence-electron chi connectivity index (χ4n) is 5.05. The third-order valence-corrected chi connectivity index (χ3v) is 6.71. The summed E-state index contributed by atoms with van der Waals surface area (Å²) in [5.41, 5.74) is 2.20. The Labute approximate surface area is 177 Å². The van der Waals surface area contributed by atoms with Crippen LogP contribution in [0, 0.1) is 0 Å². The maximum Gasteiger partial charge on any atom is 0.300 e. The topological polar surface area (TPSA) is 56.6 Å². The van der Waals surface area contributed by atoms with Gasteiger partial charge in [-0.15, -0.1) is 0 Å². The average Bonchev–Trinajstić information content (AvgIpc) is 3.43. The van der Waals surface area contributed by atoms with Crippen molar-refractivity contribution in [1.29, 1.82) is 0 Å². The van der Waals surface area contributed by atoms with Crippen LogP contribution in [-0.2, 0) is 13.1 Å². The largest absolute Gasteiger partial charge is 0.490 e. The maximum atomic E-state index is 12.0. The second-order valence-electron chi connectivity index (χ2n) is 8.92. The zero-order valence-corrected chi connectivity index (χ0v) is 17.6. The van der Waals surface area contributed by atoms with Crippen LogP contribution in [0.5, 0.6) is 11.8 Å². The lowest BCUT2D eigenvalue weighted by Gasteiger charge is -2.22. The molecule has 0 spiro atoms.